The first-order chi connectivity index (χ1) is 25.9. The van der Waals surface area contributed by atoms with Gasteiger partial charge < -0.3 is 19.9 Å². The van der Waals surface area contributed by atoms with Crippen LogP contribution >= 0.6 is 12.4 Å². The second kappa shape index (κ2) is 15.5. The number of rotatable bonds is 14. The summed E-state index contributed by atoms with van der Waals surface area (Å²) in [5.41, 5.74) is 0.135. The molecule has 6 aromatic rings. The van der Waals surface area contributed by atoms with Gasteiger partial charge >= 0.3 is 5.69 Å². The van der Waals surface area contributed by atoms with E-state index in [4.69, 9.17) is 4.74 Å². The van der Waals surface area contributed by atoms with Gasteiger partial charge in [0.1, 0.15) is 5.75 Å². The minimum atomic E-state index is -0.549. The molecule has 0 atom stereocenters. The summed E-state index contributed by atoms with van der Waals surface area (Å²) < 4.78 is 8.05. The molecule has 0 aliphatic carbocycles. The molecule has 0 spiro atoms. The predicted molar refractivity (Wildman–Crippen MR) is 214 cm³/mol. The number of pyridine rings is 1. The first-order valence-electron chi connectivity index (χ1n) is 17.6. The average Bonchev–Trinajstić information content (AvgIpc) is 3.15. The van der Waals surface area contributed by atoms with Crippen LogP contribution in [0.25, 0.3) is 38.0 Å². The number of halogens is 1. The summed E-state index contributed by atoms with van der Waals surface area (Å²) in [7, 11) is 7.15. The Kier molecular flexibility index (Phi) is 10.9. The predicted octanol–water partition coefficient (Wildman–Crippen LogP) is 4.04. The number of ether oxygens (including phenoxy) is 1. The summed E-state index contributed by atoms with van der Waals surface area (Å²) in [5.74, 6) is -0.511. The molecule has 0 radical (unpaired) electrons. The number of hydrogen-bond donors (Lipinski definition) is 1. The highest BCUT2D eigenvalue weighted by Gasteiger charge is 2.34. The van der Waals surface area contributed by atoms with Crippen LogP contribution in [0.5, 0.6) is 5.75 Å². The highest BCUT2D eigenvalue weighted by Crippen LogP contribution is 2.34. The molecule has 2 aromatic heterocycles. The number of aromatic nitrogens is 2. The van der Waals surface area contributed by atoms with Crippen molar-refractivity contribution in [2.75, 3.05) is 66.3 Å². The average molecular weight is 770 g/mol. The van der Waals surface area contributed by atoms with E-state index in [1.165, 1.54) is 28.2 Å². The lowest BCUT2D eigenvalue weighted by molar-refractivity contribution is -0.384. The van der Waals surface area contributed by atoms with Crippen LogP contribution in [0, 0.1) is 10.1 Å². The summed E-state index contributed by atoms with van der Waals surface area (Å²) in [4.78, 5) is 84.5. The van der Waals surface area contributed by atoms with Crippen molar-refractivity contribution in [1.82, 2.24) is 23.7 Å². The quantitative estimate of drug-likeness (QED) is 0.0424. The number of nitro benzene ring substituents is 1. The van der Waals surface area contributed by atoms with Gasteiger partial charge in [-0.25, -0.2) is 4.79 Å². The number of hydrogen-bond acceptors (Lipinski definition) is 11. The molecule has 1 N–H and O–H groups in total. The van der Waals surface area contributed by atoms with Crippen molar-refractivity contribution < 1.29 is 19.2 Å². The first-order valence-corrected chi connectivity index (χ1v) is 17.6. The van der Waals surface area contributed by atoms with E-state index in [0.29, 0.717) is 77.7 Å². The van der Waals surface area contributed by atoms with Gasteiger partial charge in [0.2, 0.25) is 0 Å². The topological polar surface area (TPSA) is 169 Å². The molecule has 0 fully saturated rings. The lowest BCUT2D eigenvalue weighted by Crippen LogP contribution is -2.41. The van der Waals surface area contributed by atoms with Crippen LogP contribution in [0.4, 0.5) is 11.4 Å². The maximum absolute atomic E-state index is 14.1. The van der Waals surface area contributed by atoms with Gasteiger partial charge in [-0.3, -0.25) is 43.2 Å². The molecular formula is C39H40ClN7O8. The Morgan fingerprint density at radius 2 is 1.56 bits per heavy atom. The second-order valence-electron chi connectivity index (χ2n) is 13.8. The standard InChI is InChI=1S/C39H39N7O8.ClH/c1-41(2)18-19-44-37(49)27-11-12-30(33-34(27)45(39(44)51)31-13-10-25(54-4)22-28(31)35(33)47)40-14-6-15-42(3)16-7-17-43-36(48)26-9-5-8-23-20-24(46(52)53)21-29(32(23)26)38(43)50;/h5,8-13,20-22,40H,6-7,14-19H2,1-4H3;1H. The SMILES string of the molecule is COc1ccc2c(c1)c(=O)c1c(NCCCN(C)CCCN3C(=O)c4cccc5cc([N+](=O)[O-])cc(c45)C3=O)ccc3c(=O)n(CCN(C)C)c(=O)n2c31.Cl. The van der Waals surface area contributed by atoms with Crippen molar-refractivity contribution in [2.24, 2.45) is 0 Å². The summed E-state index contributed by atoms with van der Waals surface area (Å²) in [6.45, 7) is 2.47. The third kappa shape index (κ3) is 6.86. The van der Waals surface area contributed by atoms with E-state index in [1.807, 2.05) is 26.0 Å². The number of fused-ring (bicyclic) bond motifs is 2. The highest BCUT2D eigenvalue weighted by atomic mass is 35.5. The second-order valence-corrected chi connectivity index (χ2v) is 13.8. The minimum absolute atomic E-state index is 0. The van der Waals surface area contributed by atoms with Crippen molar-refractivity contribution in [3.05, 3.63) is 113 Å². The monoisotopic (exact) mass is 769 g/mol. The van der Waals surface area contributed by atoms with Gasteiger partial charge in [0.25, 0.3) is 23.1 Å². The highest BCUT2D eigenvalue weighted by molar-refractivity contribution is 6.25. The van der Waals surface area contributed by atoms with E-state index in [9.17, 15) is 34.1 Å². The number of nitrogens with zero attached hydrogens (tertiary/aromatic N) is 6. The fraction of sp³-hybridized carbons (Fsp3) is 0.308. The molecule has 15 nitrogen and oxygen atoms in total. The van der Waals surface area contributed by atoms with Crippen LogP contribution in [-0.4, -0.2) is 101 Å². The van der Waals surface area contributed by atoms with Gasteiger partial charge in [-0.2, -0.15) is 0 Å². The molecule has 286 valence electrons. The Morgan fingerprint density at radius 3 is 2.29 bits per heavy atom. The summed E-state index contributed by atoms with van der Waals surface area (Å²) in [5, 5.41) is 16.6. The number of non-ortho nitro benzene ring substituents is 1. The lowest BCUT2D eigenvalue weighted by Gasteiger charge is -2.27. The van der Waals surface area contributed by atoms with Gasteiger partial charge in [-0.1, -0.05) is 12.1 Å². The van der Waals surface area contributed by atoms with Crippen LogP contribution in [0.2, 0.25) is 0 Å². The normalized spacial score (nSPS) is 12.8. The summed E-state index contributed by atoms with van der Waals surface area (Å²) in [6, 6.07) is 15.9. The Balaban J connectivity index is 0.00000514. The zero-order valence-corrected chi connectivity index (χ0v) is 31.6. The molecule has 4 aromatic carbocycles. The molecular weight excluding hydrogens is 730 g/mol. The Hall–Kier alpha value is -5.90. The Labute approximate surface area is 320 Å². The first kappa shape index (κ1) is 38.8. The maximum atomic E-state index is 14.1. The van der Waals surface area contributed by atoms with E-state index in [0.717, 1.165) is 4.90 Å². The van der Waals surface area contributed by atoms with Gasteiger partial charge in [0, 0.05) is 54.9 Å². The molecule has 0 bridgehead atoms. The number of benzene rings is 4. The third-order valence-corrected chi connectivity index (χ3v) is 10.1. The van der Waals surface area contributed by atoms with Crippen molar-refractivity contribution in [3.8, 4) is 5.75 Å². The van der Waals surface area contributed by atoms with Crippen LogP contribution in [0.15, 0.2) is 75.0 Å². The number of nitro groups is 1. The number of carbonyl (C=O) groups is 2. The largest absolute Gasteiger partial charge is 0.497 e. The lowest BCUT2D eigenvalue weighted by atomic mass is 9.93. The fourth-order valence-corrected chi connectivity index (χ4v) is 7.33. The number of carbonyl (C=O) groups excluding carboxylic acids is 2. The summed E-state index contributed by atoms with van der Waals surface area (Å²) in [6.07, 6.45) is 1.14. The number of imide groups is 1. The van der Waals surface area contributed by atoms with Gasteiger partial charge in [-0.05, 0) is 88.9 Å². The third-order valence-electron chi connectivity index (χ3n) is 10.1. The zero-order valence-electron chi connectivity index (χ0n) is 30.8. The Bertz CT molecular complexity index is 2690. The smallest absolute Gasteiger partial charge is 0.336 e. The van der Waals surface area contributed by atoms with E-state index < -0.39 is 28.0 Å². The number of amides is 2. The molecule has 55 heavy (non-hydrogen) atoms. The fourth-order valence-electron chi connectivity index (χ4n) is 7.33. The van der Waals surface area contributed by atoms with E-state index in [2.05, 4.69) is 10.2 Å². The summed E-state index contributed by atoms with van der Waals surface area (Å²) >= 11 is 0. The number of likely N-dealkylation sites (N-methyl/N-ethyl adjacent to an activating group) is 1. The van der Waals surface area contributed by atoms with Crippen molar-refractivity contribution >= 4 is 73.6 Å². The van der Waals surface area contributed by atoms with E-state index >= 15 is 0 Å². The molecule has 0 unspecified atom stereocenters. The van der Waals surface area contributed by atoms with Crippen molar-refractivity contribution in [3.63, 3.8) is 0 Å². The van der Waals surface area contributed by atoms with Gasteiger partial charge in [-0.15, -0.1) is 12.4 Å². The molecule has 2 amide bonds. The maximum Gasteiger partial charge on any atom is 0.336 e. The van der Waals surface area contributed by atoms with Crippen LogP contribution < -0.4 is 26.7 Å². The number of methoxy groups -OCH3 is 1. The molecule has 1 aliphatic heterocycles. The van der Waals surface area contributed by atoms with E-state index in [-0.39, 0.29) is 58.5 Å². The molecule has 7 rings (SSSR count). The van der Waals surface area contributed by atoms with Crippen LogP contribution in [0.1, 0.15) is 33.6 Å². The van der Waals surface area contributed by atoms with Crippen LogP contribution in [0.3, 0.4) is 0 Å². The molecule has 3 heterocycles. The minimum Gasteiger partial charge on any atom is -0.497 e. The van der Waals surface area contributed by atoms with Crippen LogP contribution in [-0.2, 0) is 6.54 Å². The Morgan fingerprint density at radius 1 is 0.818 bits per heavy atom. The van der Waals surface area contributed by atoms with Crippen molar-refractivity contribution in [2.45, 2.75) is 19.4 Å². The van der Waals surface area contributed by atoms with Gasteiger partial charge in [0.15, 0.2) is 5.43 Å². The van der Waals surface area contributed by atoms with Gasteiger partial charge in [0.05, 0.1) is 44.8 Å². The number of anilines is 1. The number of nitrogens with one attached hydrogen (secondary N) is 1. The van der Waals surface area contributed by atoms with Crippen molar-refractivity contribution in [1.29, 1.82) is 0 Å². The zero-order chi connectivity index (χ0) is 38.4. The molecule has 16 heteroatoms. The van der Waals surface area contributed by atoms with E-state index in [1.54, 1.807) is 48.5 Å². The molecule has 0 saturated carbocycles. The molecule has 0 saturated heterocycles. The molecule has 1 aliphatic rings.